The van der Waals surface area contributed by atoms with E-state index < -0.39 is 24.0 Å². The van der Waals surface area contributed by atoms with Crippen LogP contribution >= 0.6 is 11.6 Å². The molecule has 0 saturated heterocycles. The van der Waals surface area contributed by atoms with Gasteiger partial charge in [-0.15, -0.1) is 0 Å². The van der Waals surface area contributed by atoms with E-state index in [1.807, 2.05) is 19.9 Å². The molecular formula is C25H27ClFN5O2. The van der Waals surface area contributed by atoms with Crippen molar-refractivity contribution in [2.75, 3.05) is 18.9 Å². The minimum Gasteiger partial charge on any atom is -0.394 e. The van der Waals surface area contributed by atoms with Crippen LogP contribution in [0.4, 0.5) is 10.1 Å². The van der Waals surface area contributed by atoms with E-state index >= 15 is 0 Å². The number of rotatable bonds is 8. The van der Waals surface area contributed by atoms with Crippen molar-refractivity contribution >= 4 is 29.4 Å². The molecular weight excluding hydrogens is 457 g/mol. The van der Waals surface area contributed by atoms with Gasteiger partial charge in [-0.05, 0) is 41.8 Å². The predicted octanol–water partition coefficient (Wildman–Crippen LogP) is 4.10. The van der Waals surface area contributed by atoms with Crippen LogP contribution in [-0.2, 0) is 0 Å². The fraction of sp³-hybridized carbons (Fsp3) is 0.320. The summed E-state index contributed by atoms with van der Waals surface area (Å²) in [7, 11) is 1.68. The molecule has 0 aliphatic carbocycles. The van der Waals surface area contributed by atoms with Gasteiger partial charge in [-0.2, -0.15) is 5.26 Å². The molecule has 1 unspecified atom stereocenters. The first kappa shape index (κ1) is 25.2. The van der Waals surface area contributed by atoms with Crippen LogP contribution in [0.2, 0.25) is 5.02 Å². The molecule has 0 fully saturated rings. The lowest BCUT2D eigenvalue weighted by molar-refractivity contribution is 0.0520. The summed E-state index contributed by atoms with van der Waals surface area (Å²) in [6.45, 7) is 4.25. The summed E-state index contributed by atoms with van der Waals surface area (Å²) in [5.41, 5.74) is 1.83. The second kappa shape index (κ2) is 10.7. The van der Waals surface area contributed by atoms with Crippen LogP contribution in [0.1, 0.15) is 41.3 Å². The molecule has 7 nitrogen and oxygen atoms in total. The Bertz CT molecular complexity index is 1160. The van der Waals surface area contributed by atoms with Gasteiger partial charge in [-0.1, -0.05) is 31.5 Å². The minimum atomic E-state index is -1.26. The monoisotopic (exact) mass is 483 g/mol. The second-order valence-corrected chi connectivity index (χ2v) is 9.00. The number of aliphatic hydroxyl groups excluding tert-OH is 1. The third-order valence-electron chi connectivity index (χ3n) is 5.60. The summed E-state index contributed by atoms with van der Waals surface area (Å²) < 4.78 is 14.2. The van der Waals surface area contributed by atoms with E-state index in [4.69, 9.17) is 17.0 Å². The molecule has 34 heavy (non-hydrogen) atoms. The van der Waals surface area contributed by atoms with Gasteiger partial charge in [-0.25, -0.2) is 4.39 Å². The number of fused-ring (bicyclic) bond motifs is 1. The maximum absolute atomic E-state index is 14.2. The summed E-state index contributed by atoms with van der Waals surface area (Å²) in [6, 6.07) is 9.87. The first-order chi connectivity index (χ1) is 16.2. The van der Waals surface area contributed by atoms with Gasteiger partial charge >= 0.3 is 0 Å². The first-order valence-corrected chi connectivity index (χ1v) is 11.2. The number of halogens is 2. The number of nitriles is 1. The fourth-order valence-electron chi connectivity index (χ4n) is 4.35. The van der Waals surface area contributed by atoms with Gasteiger partial charge in [0.05, 0.1) is 23.6 Å². The van der Waals surface area contributed by atoms with Crippen molar-refractivity contribution in [3.05, 3.63) is 75.7 Å². The quantitative estimate of drug-likeness (QED) is 0.333. The average Bonchev–Trinajstić information content (AvgIpc) is 2.78. The number of benzene rings is 2. The maximum atomic E-state index is 14.2. The number of carbonyl (C=O) groups excluding carboxylic acids is 1. The Labute approximate surface area is 203 Å². The van der Waals surface area contributed by atoms with E-state index in [1.54, 1.807) is 30.3 Å². The Morgan fingerprint density at radius 3 is 2.71 bits per heavy atom. The standard InChI is InChI=1S/C25H27ClFN5O2/c1-14(2)13-32-23(16(11-29)12-30-3)22(20-5-4-18(27)9-21(20)25(32)34)24(33)31-19-7-15(10-28)6-17(26)8-19/h4-9,11-12,14,22-24,29-31,33H,13H2,1-3H3/b16-12+,29-11?/t22-,23+,24?/m0/s1. The molecule has 1 amide bonds. The lowest BCUT2D eigenvalue weighted by atomic mass is 9.78. The van der Waals surface area contributed by atoms with E-state index in [-0.39, 0.29) is 17.4 Å². The Morgan fingerprint density at radius 2 is 2.09 bits per heavy atom. The van der Waals surface area contributed by atoms with E-state index in [0.717, 1.165) is 6.21 Å². The molecule has 0 saturated carbocycles. The summed E-state index contributed by atoms with van der Waals surface area (Å²) in [5.74, 6) is -1.59. The van der Waals surface area contributed by atoms with Gasteiger partial charge in [0.25, 0.3) is 5.91 Å². The Hall–Kier alpha value is -3.41. The molecule has 0 spiro atoms. The van der Waals surface area contributed by atoms with Crippen LogP contribution in [-0.4, -0.2) is 48.0 Å². The highest BCUT2D eigenvalue weighted by molar-refractivity contribution is 6.31. The molecule has 0 radical (unpaired) electrons. The highest BCUT2D eigenvalue weighted by Crippen LogP contribution is 2.40. The number of hydrogen-bond donors (Lipinski definition) is 4. The lowest BCUT2D eigenvalue weighted by Crippen LogP contribution is -2.54. The number of aliphatic hydroxyl groups is 1. The van der Waals surface area contributed by atoms with Gasteiger partial charge in [0.1, 0.15) is 12.0 Å². The number of carbonyl (C=O) groups is 1. The third kappa shape index (κ3) is 5.22. The van der Waals surface area contributed by atoms with Crippen molar-refractivity contribution in [1.82, 2.24) is 10.2 Å². The van der Waals surface area contributed by atoms with Crippen molar-refractivity contribution in [1.29, 1.82) is 10.7 Å². The molecule has 178 valence electrons. The van der Waals surface area contributed by atoms with Gasteiger partial charge in [0, 0.05) is 47.9 Å². The maximum Gasteiger partial charge on any atom is 0.254 e. The topological polar surface area (TPSA) is 112 Å². The van der Waals surface area contributed by atoms with Gasteiger partial charge < -0.3 is 26.0 Å². The molecule has 4 N–H and O–H groups in total. The molecule has 0 bridgehead atoms. The number of nitrogens with one attached hydrogen (secondary N) is 3. The zero-order chi connectivity index (χ0) is 25.0. The highest BCUT2D eigenvalue weighted by atomic mass is 35.5. The predicted molar refractivity (Wildman–Crippen MR) is 131 cm³/mol. The van der Waals surface area contributed by atoms with Gasteiger partial charge in [0.15, 0.2) is 0 Å². The lowest BCUT2D eigenvalue weighted by Gasteiger charge is -2.45. The second-order valence-electron chi connectivity index (χ2n) is 8.56. The Morgan fingerprint density at radius 1 is 1.35 bits per heavy atom. The zero-order valence-electron chi connectivity index (χ0n) is 19.1. The number of amides is 1. The van der Waals surface area contributed by atoms with Crippen LogP contribution in [0.15, 0.2) is 48.2 Å². The fourth-order valence-corrected chi connectivity index (χ4v) is 4.58. The summed E-state index contributed by atoms with van der Waals surface area (Å²) in [6.07, 6.45) is 1.49. The van der Waals surface area contributed by atoms with Crippen LogP contribution in [0.3, 0.4) is 0 Å². The van der Waals surface area contributed by atoms with Crippen molar-refractivity contribution in [3.63, 3.8) is 0 Å². The molecule has 0 aromatic heterocycles. The number of anilines is 1. The van der Waals surface area contributed by atoms with E-state index in [1.165, 1.54) is 24.3 Å². The van der Waals surface area contributed by atoms with Crippen LogP contribution in [0, 0.1) is 28.5 Å². The molecule has 3 atom stereocenters. The first-order valence-electron chi connectivity index (χ1n) is 10.8. The molecule has 1 aliphatic heterocycles. The normalized spacial score (nSPS) is 18.8. The number of hydrogen-bond acceptors (Lipinski definition) is 6. The minimum absolute atomic E-state index is 0.0833. The molecule has 3 rings (SSSR count). The molecule has 1 heterocycles. The van der Waals surface area contributed by atoms with Crippen molar-refractivity contribution in [2.24, 2.45) is 5.92 Å². The molecule has 1 aliphatic rings. The largest absolute Gasteiger partial charge is 0.394 e. The van der Waals surface area contributed by atoms with Gasteiger partial charge in [0.2, 0.25) is 0 Å². The Kier molecular flexibility index (Phi) is 7.92. The third-order valence-corrected chi connectivity index (χ3v) is 5.82. The smallest absolute Gasteiger partial charge is 0.254 e. The molecule has 2 aromatic carbocycles. The summed E-state index contributed by atoms with van der Waals surface area (Å²) in [5, 5.41) is 34.9. The SMILES string of the molecule is CN/C=C(\C=N)[C@@H]1[C@@H](C(O)Nc2cc(Cl)cc(C#N)c2)c2ccc(F)cc2C(=O)N1CC(C)C. The molecule has 9 heteroatoms. The van der Waals surface area contributed by atoms with Crippen molar-refractivity contribution in [3.8, 4) is 6.07 Å². The zero-order valence-corrected chi connectivity index (χ0v) is 19.9. The van der Waals surface area contributed by atoms with Crippen molar-refractivity contribution in [2.45, 2.75) is 32.0 Å². The molecule has 2 aromatic rings. The van der Waals surface area contributed by atoms with E-state index in [9.17, 15) is 19.6 Å². The van der Waals surface area contributed by atoms with E-state index in [2.05, 4.69) is 10.6 Å². The van der Waals surface area contributed by atoms with Gasteiger partial charge in [-0.3, -0.25) is 4.79 Å². The van der Waals surface area contributed by atoms with Crippen molar-refractivity contribution < 1.29 is 14.3 Å². The van der Waals surface area contributed by atoms with Crippen LogP contribution in [0.25, 0.3) is 0 Å². The van der Waals surface area contributed by atoms with E-state index in [0.29, 0.717) is 34.0 Å². The van der Waals surface area contributed by atoms with Crippen LogP contribution in [0.5, 0.6) is 0 Å². The Balaban J connectivity index is 2.18. The average molecular weight is 484 g/mol. The summed E-state index contributed by atoms with van der Waals surface area (Å²) in [4.78, 5) is 15.1. The summed E-state index contributed by atoms with van der Waals surface area (Å²) >= 11 is 6.12. The highest BCUT2D eigenvalue weighted by Gasteiger charge is 2.44. The van der Waals surface area contributed by atoms with Crippen LogP contribution < -0.4 is 10.6 Å². The number of nitrogens with zero attached hydrogens (tertiary/aromatic N) is 2.